The molecule has 0 fully saturated rings. The van der Waals surface area contributed by atoms with Crippen molar-refractivity contribution in [3.05, 3.63) is 47.7 Å². The van der Waals surface area contributed by atoms with E-state index in [-0.39, 0.29) is 11.4 Å². The second-order valence-electron chi connectivity index (χ2n) is 6.90. The van der Waals surface area contributed by atoms with E-state index in [1.165, 1.54) is 18.2 Å². The van der Waals surface area contributed by atoms with E-state index in [4.69, 9.17) is 10.5 Å². The number of aryl methyl sites for hydroxylation is 2. The van der Waals surface area contributed by atoms with Crippen LogP contribution in [0.25, 0.3) is 11.0 Å². The number of pyridine rings is 1. The van der Waals surface area contributed by atoms with Crippen LogP contribution in [0.15, 0.2) is 35.2 Å². The van der Waals surface area contributed by atoms with Crippen molar-refractivity contribution >= 4 is 26.9 Å². The Morgan fingerprint density at radius 3 is 2.77 bits per heavy atom. The summed E-state index contributed by atoms with van der Waals surface area (Å²) in [7, 11) is -3.74. The largest absolute Gasteiger partial charge is 0.382 e. The fourth-order valence-corrected chi connectivity index (χ4v) is 4.30. The number of rotatable bonds is 10. The summed E-state index contributed by atoms with van der Waals surface area (Å²) < 4.78 is 47.9. The van der Waals surface area contributed by atoms with Crippen LogP contribution in [0, 0.1) is 12.7 Å². The van der Waals surface area contributed by atoms with Crippen molar-refractivity contribution in [2.45, 2.75) is 44.7 Å². The van der Waals surface area contributed by atoms with Crippen molar-refractivity contribution in [2.75, 3.05) is 18.9 Å². The molecule has 0 unspecified atom stereocenters. The molecule has 3 aromatic rings. The van der Waals surface area contributed by atoms with E-state index in [1.54, 1.807) is 0 Å². The van der Waals surface area contributed by atoms with Gasteiger partial charge >= 0.3 is 0 Å². The molecule has 0 atom stereocenters. The molecule has 1 aromatic carbocycles. The summed E-state index contributed by atoms with van der Waals surface area (Å²) in [6.07, 6.45) is 1.30. The molecule has 0 aliphatic carbocycles. The van der Waals surface area contributed by atoms with E-state index in [0.717, 1.165) is 23.1 Å². The van der Waals surface area contributed by atoms with Crippen LogP contribution in [0.4, 0.5) is 10.2 Å². The number of nitrogen functional groups attached to an aromatic ring is 1. The number of unbranched alkanes of at least 4 members (excludes halogenated alkanes) is 1. The van der Waals surface area contributed by atoms with Crippen LogP contribution in [0.2, 0.25) is 0 Å². The summed E-state index contributed by atoms with van der Waals surface area (Å²) in [5.74, 6) is 0.548. The third kappa shape index (κ3) is 5.13. The monoisotopic (exact) mass is 435 g/mol. The van der Waals surface area contributed by atoms with Gasteiger partial charge in [-0.3, -0.25) is 0 Å². The first-order valence-corrected chi connectivity index (χ1v) is 11.3. The Balaban J connectivity index is 1.65. The standard InChI is InChI=1S/C20H26FN5O3S/c1-3-29-13-18-25-19-17(11-14(2)24-20(19)22)26(18)10-5-4-9-23-30(27,28)16-8-6-7-15(21)12-16/h6-8,11-12,23H,3-5,9-10,13H2,1-2H3,(H2,22,24). The van der Waals surface area contributed by atoms with Gasteiger partial charge in [-0.2, -0.15) is 0 Å². The van der Waals surface area contributed by atoms with Gasteiger partial charge in [-0.05, 0) is 51.0 Å². The normalized spacial score (nSPS) is 12.0. The Bertz CT molecular complexity index is 1130. The predicted octanol–water partition coefficient (Wildman–Crippen LogP) is 2.76. The Kier molecular flexibility index (Phi) is 7.01. The SMILES string of the molecule is CCOCc1nc2c(N)nc(C)cc2n1CCCCNS(=O)(=O)c1cccc(F)c1. The molecule has 30 heavy (non-hydrogen) atoms. The summed E-state index contributed by atoms with van der Waals surface area (Å²) >= 11 is 0. The zero-order valence-electron chi connectivity index (χ0n) is 17.1. The Hall–Kier alpha value is -2.56. The van der Waals surface area contributed by atoms with Crippen LogP contribution in [0.1, 0.15) is 31.3 Å². The highest BCUT2D eigenvalue weighted by Gasteiger charge is 2.16. The Morgan fingerprint density at radius 1 is 1.23 bits per heavy atom. The van der Waals surface area contributed by atoms with Crippen LogP contribution in [0.3, 0.4) is 0 Å². The molecule has 2 heterocycles. The first kappa shape index (κ1) is 22.1. The molecule has 0 spiro atoms. The van der Waals surface area contributed by atoms with E-state index >= 15 is 0 Å². The fraction of sp³-hybridized carbons (Fsp3) is 0.400. The number of hydrogen-bond donors (Lipinski definition) is 2. The van der Waals surface area contributed by atoms with E-state index in [1.807, 2.05) is 24.5 Å². The lowest BCUT2D eigenvalue weighted by Gasteiger charge is -2.10. The third-order valence-corrected chi connectivity index (χ3v) is 6.07. The molecule has 3 rings (SSSR count). The fourth-order valence-electron chi connectivity index (χ4n) is 3.19. The number of fused-ring (bicyclic) bond motifs is 1. The van der Waals surface area contributed by atoms with Crippen LogP contribution in [-0.2, 0) is 27.9 Å². The van der Waals surface area contributed by atoms with E-state index < -0.39 is 15.8 Å². The van der Waals surface area contributed by atoms with Crippen molar-refractivity contribution in [1.29, 1.82) is 0 Å². The van der Waals surface area contributed by atoms with Crippen molar-refractivity contribution in [3.63, 3.8) is 0 Å². The molecule has 0 aliphatic heterocycles. The van der Waals surface area contributed by atoms with E-state index in [2.05, 4.69) is 14.7 Å². The minimum Gasteiger partial charge on any atom is -0.382 e. The second-order valence-corrected chi connectivity index (χ2v) is 8.66. The van der Waals surface area contributed by atoms with Gasteiger partial charge < -0.3 is 15.0 Å². The summed E-state index contributed by atoms with van der Waals surface area (Å²) in [6, 6.07) is 6.88. The van der Waals surface area contributed by atoms with Gasteiger partial charge in [0, 0.05) is 25.4 Å². The molecule has 0 bridgehead atoms. The van der Waals surface area contributed by atoms with Crippen molar-refractivity contribution in [2.24, 2.45) is 0 Å². The molecule has 2 aromatic heterocycles. The highest BCUT2D eigenvalue weighted by atomic mass is 32.2. The Labute approximate surface area is 175 Å². The lowest BCUT2D eigenvalue weighted by Crippen LogP contribution is -2.25. The van der Waals surface area contributed by atoms with E-state index in [9.17, 15) is 12.8 Å². The second kappa shape index (κ2) is 9.50. The molecule has 162 valence electrons. The minimum absolute atomic E-state index is 0.0828. The molecule has 0 amide bonds. The lowest BCUT2D eigenvalue weighted by molar-refractivity contribution is 0.126. The molecule has 10 heteroatoms. The number of nitrogens with one attached hydrogen (secondary N) is 1. The molecule has 0 aliphatic rings. The van der Waals surface area contributed by atoms with Crippen LogP contribution in [-0.4, -0.2) is 36.1 Å². The number of imidazole rings is 1. The van der Waals surface area contributed by atoms with Gasteiger partial charge in [-0.1, -0.05) is 6.07 Å². The van der Waals surface area contributed by atoms with Gasteiger partial charge in [0.25, 0.3) is 0 Å². The first-order valence-electron chi connectivity index (χ1n) is 9.77. The number of benzene rings is 1. The molecule has 8 nitrogen and oxygen atoms in total. The summed E-state index contributed by atoms with van der Waals surface area (Å²) in [4.78, 5) is 8.76. The smallest absolute Gasteiger partial charge is 0.240 e. The topological polar surface area (TPSA) is 112 Å². The number of sulfonamides is 1. The van der Waals surface area contributed by atoms with Crippen LogP contribution in [0.5, 0.6) is 0 Å². The third-order valence-electron chi connectivity index (χ3n) is 4.61. The zero-order chi connectivity index (χ0) is 21.7. The summed E-state index contributed by atoms with van der Waals surface area (Å²) in [5, 5.41) is 0. The van der Waals surface area contributed by atoms with Gasteiger partial charge in [0.2, 0.25) is 10.0 Å². The molecule has 3 N–H and O–H groups in total. The maximum Gasteiger partial charge on any atom is 0.240 e. The maximum absolute atomic E-state index is 13.3. The Morgan fingerprint density at radius 2 is 2.03 bits per heavy atom. The van der Waals surface area contributed by atoms with E-state index in [0.29, 0.717) is 43.9 Å². The van der Waals surface area contributed by atoms with Gasteiger partial charge in [0.05, 0.1) is 10.4 Å². The van der Waals surface area contributed by atoms with Crippen molar-refractivity contribution < 1.29 is 17.5 Å². The van der Waals surface area contributed by atoms with Crippen molar-refractivity contribution in [3.8, 4) is 0 Å². The number of anilines is 1. The molecule has 0 saturated heterocycles. The summed E-state index contributed by atoms with van der Waals surface area (Å²) in [6.45, 7) is 5.58. The number of nitrogens with zero attached hydrogens (tertiary/aromatic N) is 3. The number of halogens is 1. The van der Waals surface area contributed by atoms with Crippen LogP contribution < -0.4 is 10.5 Å². The molecular weight excluding hydrogens is 409 g/mol. The molecular formula is C20H26FN5O3S. The number of hydrogen-bond acceptors (Lipinski definition) is 6. The minimum atomic E-state index is -3.74. The highest BCUT2D eigenvalue weighted by Crippen LogP contribution is 2.23. The average Bonchev–Trinajstić information content (AvgIpc) is 3.04. The molecule has 0 saturated carbocycles. The van der Waals surface area contributed by atoms with Gasteiger partial charge in [-0.25, -0.2) is 27.5 Å². The maximum atomic E-state index is 13.3. The highest BCUT2D eigenvalue weighted by molar-refractivity contribution is 7.89. The quantitative estimate of drug-likeness (QED) is 0.474. The number of aromatic nitrogens is 3. The van der Waals surface area contributed by atoms with Gasteiger partial charge in [-0.15, -0.1) is 0 Å². The first-order chi connectivity index (χ1) is 14.3. The van der Waals surface area contributed by atoms with Gasteiger partial charge in [0.15, 0.2) is 5.82 Å². The van der Waals surface area contributed by atoms with Gasteiger partial charge in [0.1, 0.15) is 23.8 Å². The predicted molar refractivity (Wildman–Crippen MR) is 113 cm³/mol. The lowest BCUT2D eigenvalue weighted by atomic mass is 10.3. The van der Waals surface area contributed by atoms with Crippen LogP contribution >= 0.6 is 0 Å². The number of nitrogens with two attached hydrogens (primary N) is 1. The zero-order valence-corrected chi connectivity index (χ0v) is 17.9. The summed E-state index contributed by atoms with van der Waals surface area (Å²) in [5.41, 5.74) is 8.35. The average molecular weight is 436 g/mol. The van der Waals surface area contributed by atoms with Crippen molar-refractivity contribution in [1.82, 2.24) is 19.3 Å². The number of ether oxygens (including phenoxy) is 1. The molecule has 0 radical (unpaired) electrons.